The van der Waals surface area contributed by atoms with Crippen LogP contribution in [0.2, 0.25) is 0 Å². The average molecular weight is 405 g/mol. The highest BCUT2D eigenvalue weighted by Gasteiger charge is 2.38. The molecule has 6 nitrogen and oxygen atoms in total. The molecule has 2 atom stereocenters. The Balaban J connectivity index is 1.51. The average Bonchev–Trinajstić information content (AvgIpc) is 3.42. The summed E-state index contributed by atoms with van der Waals surface area (Å²) >= 11 is 0. The third-order valence-electron chi connectivity index (χ3n) is 6.22. The van der Waals surface area contributed by atoms with Gasteiger partial charge in [0.25, 0.3) is 5.91 Å². The largest absolute Gasteiger partial charge is 0.373 e. The first-order valence-electron chi connectivity index (χ1n) is 10.8. The fourth-order valence-corrected chi connectivity index (χ4v) is 4.84. The van der Waals surface area contributed by atoms with Crippen LogP contribution in [0.15, 0.2) is 54.9 Å². The van der Waals surface area contributed by atoms with Crippen molar-refractivity contribution in [2.45, 2.75) is 31.9 Å². The molecule has 0 spiro atoms. The van der Waals surface area contributed by atoms with E-state index in [1.807, 2.05) is 58.9 Å². The lowest BCUT2D eigenvalue weighted by molar-refractivity contribution is -0.0706. The van der Waals surface area contributed by atoms with Gasteiger partial charge in [-0.15, -0.1) is 0 Å². The molecule has 1 aromatic carbocycles. The molecule has 0 aliphatic carbocycles. The zero-order valence-electron chi connectivity index (χ0n) is 17.4. The molecule has 0 unspecified atom stereocenters. The molecule has 2 aliphatic heterocycles. The summed E-state index contributed by atoms with van der Waals surface area (Å²) in [7, 11) is 0. The fraction of sp³-hybridized carbons (Fsp3) is 0.417. The molecular weight excluding hydrogens is 376 g/mol. The number of benzene rings is 1. The number of aryl methyl sites for hydroxylation is 1. The Morgan fingerprint density at radius 3 is 2.70 bits per heavy atom. The number of carbonyl (C=O) groups excluding carboxylic acids is 1. The number of fused-ring (bicyclic) bond motifs is 1. The van der Waals surface area contributed by atoms with E-state index in [4.69, 9.17) is 4.74 Å². The number of hydrogen-bond acceptors (Lipinski definition) is 4. The minimum Gasteiger partial charge on any atom is -0.373 e. The van der Waals surface area contributed by atoms with Gasteiger partial charge in [-0.1, -0.05) is 30.3 Å². The second kappa shape index (κ2) is 8.20. The van der Waals surface area contributed by atoms with Crippen molar-refractivity contribution in [2.24, 2.45) is 0 Å². The number of nitrogens with zero attached hydrogens (tertiary/aromatic N) is 4. The molecule has 2 fully saturated rings. The van der Waals surface area contributed by atoms with Crippen LogP contribution in [0.25, 0.3) is 5.65 Å². The monoisotopic (exact) mass is 404 g/mol. The van der Waals surface area contributed by atoms with Crippen molar-refractivity contribution < 1.29 is 9.53 Å². The quantitative estimate of drug-likeness (QED) is 0.669. The molecule has 5 rings (SSSR count). The van der Waals surface area contributed by atoms with Crippen LogP contribution in [0, 0.1) is 6.92 Å². The summed E-state index contributed by atoms with van der Waals surface area (Å²) in [6.45, 7) is 6.18. The number of rotatable bonds is 4. The van der Waals surface area contributed by atoms with E-state index in [1.54, 1.807) is 0 Å². The molecule has 0 radical (unpaired) electrons. The normalized spacial score (nSPS) is 22.6. The summed E-state index contributed by atoms with van der Waals surface area (Å²) in [5, 5.41) is 0. The Morgan fingerprint density at radius 2 is 1.90 bits per heavy atom. The summed E-state index contributed by atoms with van der Waals surface area (Å²) < 4.78 is 8.19. The minimum atomic E-state index is -0.107. The summed E-state index contributed by atoms with van der Waals surface area (Å²) in [5.41, 5.74) is 3.40. The molecule has 3 aromatic rings. The van der Waals surface area contributed by atoms with Gasteiger partial charge in [0.05, 0.1) is 30.0 Å². The molecule has 30 heavy (non-hydrogen) atoms. The lowest BCUT2D eigenvalue weighted by atomic mass is 9.96. The van der Waals surface area contributed by atoms with Crippen molar-refractivity contribution in [3.8, 4) is 0 Å². The van der Waals surface area contributed by atoms with Crippen molar-refractivity contribution in [3.05, 3.63) is 71.7 Å². The van der Waals surface area contributed by atoms with Crippen LogP contribution < -0.4 is 0 Å². The van der Waals surface area contributed by atoms with Crippen molar-refractivity contribution in [1.82, 2.24) is 19.2 Å². The number of imidazole rings is 1. The molecule has 2 aliphatic rings. The molecule has 2 aromatic heterocycles. The number of likely N-dealkylation sites (tertiary alicyclic amines) is 1. The molecule has 0 saturated carbocycles. The zero-order valence-corrected chi connectivity index (χ0v) is 17.4. The first-order valence-corrected chi connectivity index (χ1v) is 10.8. The molecule has 2 saturated heterocycles. The van der Waals surface area contributed by atoms with Crippen LogP contribution in [0.5, 0.6) is 0 Å². The van der Waals surface area contributed by atoms with Gasteiger partial charge >= 0.3 is 0 Å². The maximum atomic E-state index is 13.8. The topological polar surface area (TPSA) is 50.1 Å². The number of amides is 1. The Bertz CT molecular complexity index is 1030. The van der Waals surface area contributed by atoms with Crippen molar-refractivity contribution >= 4 is 11.6 Å². The number of aromatic nitrogens is 2. The van der Waals surface area contributed by atoms with E-state index in [9.17, 15) is 4.79 Å². The van der Waals surface area contributed by atoms with Gasteiger partial charge in [-0.25, -0.2) is 4.98 Å². The molecule has 156 valence electrons. The molecule has 0 bridgehead atoms. The van der Waals surface area contributed by atoms with Gasteiger partial charge in [0, 0.05) is 25.5 Å². The number of ether oxygens (including phenoxy) is 1. The first-order chi connectivity index (χ1) is 14.7. The summed E-state index contributed by atoms with van der Waals surface area (Å²) in [6.07, 6.45) is 6.34. The predicted octanol–water partition coefficient (Wildman–Crippen LogP) is 3.32. The summed E-state index contributed by atoms with van der Waals surface area (Å²) in [6, 6.07) is 14.0. The van der Waals surface area contributed by atoms with E-state index >= 15 is 0 Å². The standard InChI is InChI=1S/C24H28N4O2/c1-18-16-27-13-7-10-20(23(27)25-18)24(29)28-14-15-30-21(17-26-11-5-6-12-26)22(28)19-8-3-2-4-9-19/h2-4,7-10,13,16,21-22H,5-6,11-12,14-15,17H2,1H3/t21-,22-/m0/s1. The maximum Gasteiger partial charge on any atom is 0.258 e. The molecule has 0 N–H and O–H groups in total. The second-order valence-electron chi connectivity index (χ2n) is 8.31. The van der Waals surface area contributed by atoms with Gasteiger partial charge in [-0.2, -0.15) is 0 Å². The lowest BCUT2D eigenvalue weighted by Crippen LogP contribution is -2.51. The van der Waals surface area contributed by atoms with Crippen molar-refractivity contribution in [3.63, 3.8) is 0 Å². The van der Waals surface area contributed by atoms with E-state index in [-0.39, 0.29) is 18.1 Å². The second-order valence-corrected chi connectivity index (χ2v) is 8.31. The van der Waals surface area contributed by atoms with Gasteiger partial charge in [0.15, 0.2) is 0 Å². The molecule has 6 heteroatoms. The van der Waals surface area contributed by atoms with E-state index in [1.165, 1.54) is 12.8 Å². The Kier molecular flexibility index (Phi) is 5.27. The highest BCUT2D eigenvalue weighted by molar-refractivity contribution is 6.00. The summed E-state index contributed by atoms with van der Waals surface area (Å²) in [5.74, 6) is 0.0229. The van der Waals surface area contributed by atoms with Crippen molar-refractivity contribution in [2.75, 3.05) is 32.8 Å². The van der Waals surface area contributed by atoms with Gasteiger partial charge in [-0.3, -0.25) is 4.79 Å². The van der Waals surface area contributed by atoms with E-state index in [0.717, 1.165) is 36.5 Å². The smallest absolute Gasteiger partial charge is 0.258 e. The molecular formula is C24H28N4O2. The van der Waals surface area contributed by atoms with Gasteiger partial charge in [0.2, 0.25) is 0 Å². The SMILES string of the molecule is Cc1cn2cccc(C(=O)N3CCO[C@@H](CN4CCCC4)[C@@H]3c3ccccc3)c2n1. The Hall–Kier alpha value is -2.70. The molecule has 4 heterocycles. The highest BCUT2D eigenvalue weighted by Crippen LogP contribution is 2.32. The third-order valence-corrected chi connectivity index (χ3v) is 6.22. The first kappa shape index (κ1) is 19.3. The molecule has 1 amide bonds. The van der Waals surface area contributed by atoms with Crippen molar-refractivity contribution in [1.29, 1.82) is 0 Å². The number of pyridine rings is 1. The maximum absolute atomic E-state index is 13.8. The van der Waals surface area contributed by atoms with Crippen LogP contribution in [0.1, 0.15) is 40.5 Å². The van der Waals surface area contributed by atoms with Crippen LogP contribution in [-0.2, 0) is 4.74 Å². The Labute approximate surface area is 177 Å². The Morgan fingerprint density at radius 1 is 1.10 bits per heavy atom. The van der Waals surface area contributed by atoms with Gasteiger partial charge in [-0.05, 0) is 50.6 Å². The number of hydrogen-bond donors (Lipinski definition) is 0. The van der Waals surface area contributed by atoms with E-state index < -0.39 is 0 Å². The summed E-state index contributed by atoms with van der Waals surface area (Å²) in [4.78, 5) is 22.9. The third kappa shape index (κ3) is 3.61. The van der Waals surface area contributed by atoms with E-state index in [0.29, 0.717) is 18.7 Å². The van der Waals surface area contributed by atoms with Crippen LogP contribution in [-0.4, -0.2) is 64.0 Å². The van der Waals surface area contributed by atoms with Crippen LogP contribution in [0.4, 0.5) is 0 Å². The van der Waals surface area contributed by atoms with Gasteiger partial charge < -0.3 is 18.9 Å². The minimum absolute atomic E-state index is 0.0229. The lowest BCUT2D eigenvalue weighted by Gasteiger charge is -2.42. The number of morpholine rings is 1. The highest BCUT2D eigenvalue weighted by atomic mass is 16.5. The predicted molar refractivity (Wildman–Crippen MR) is 116 cm³/mol. The van der Waals surface area contributed by atoms with E-state index in [2.05, 4.69) is 22.0 Å². The van der Waals surface area contributed by atoms with Crippen LogP contribution in [0.3, 0.4) is 0 Å². The fourth-order valence-electron chi connectivity index (χ4n) is 4.84. The van der Waals surface area contributed by atoms with Gasteiger partial charge in [0.1, 0.15) is 5.65 Å². The number of carbonyl (C=O) groups is 1. The zero-order chi connectivity index (χ0) is 20.5. The van der Waals surface area contributed by atoms with Crippen LogP contribution >= 0.6 is 0 Å².